The maximum absolute atomic E-state index is 11.8. The van der Waals surface area contributed by atoms with Crippen molar-refractivity contribution in [2.24, 2.45) is 11.7 Å². The van der Waals surface area contributed by atoms with E-state index in [1.54, 1.807) is 7.05 Å². The quantitative estimate of drug-likeness (QED) is 0.874. The molecule has 1 fully saturated rings. The van der Waals surface area contributed by atoms with Gasteiger partial charge in [0.15, 0.2) is 0 Å². The van der Waals surface area contributed by atoms with Crippen molar-refractivity contribution < 1.29 is 4.79 Å². The van der Waals surface area contributed by atoms with Crippen molar-refractivity contribution in [3.05, 3.63) is 35.4 Å². The van der Waals surface area contributed by atoms with Crippen molar-refractivity contribution in [2.75, 3.05) is 26.7 Å². The number of aryl methyl sites for hydroxylation is 1. The second-order valence-electron chi connectivity index (χ2n) is 5.61. The maximum atomic E-state index is 11.8. The molecule has 2 unspecified atom stereocenters. The summed E-state index contributed by atoms with van der Waals surface area (Å²) in [6.07, 6.45) is 2.03. The number of carbonyl (C=O) groups excluding carboxylic acids is 1. The molecule has 20 heavy (non-hydrogen) atoms. The van der Waals surface area contributed by atoms with Crippen LogP contribution in [0.1, 0.15) is 30.0 Å². The molecule has 0 radical (unpaired) electrons. The van der Waals surface area contributed by atoms with Gasteiger partial charge in [-0.1, -0.05) is 29.8 Å². The lowest BCUT2D eigenvalue weighted by Gasteiger charge is -2.37. The lowest BCUT2D eigenvalue weighted by Crippen LogP contribution is -2.45. The zero-order valence-electron chi connectivity index (χ0n) is 12.4. The van der Waals surface area contributed by atoms with E-state index < -0.39 is 0 Å². The van der Waals surface area contributed by atoms with E-state index in [0.29, 0.717) is 6.54 Å². The number of amides is 1. The van der Waals surface area contributed by atoms with Crippen molar-refractivity contribution in [3.63, 3.8) is 0 Å². The summed E-state index contributed by atoms with van der Waals surface area (Å²) in [6.45, 7) is 4.50. The third-order valence-electron chi connectivity index (χ3n) is 4.16. The van der Waals surface area contributed by atoms with E-state index in [4.69, 9.17) is 5.73 Å². The van der Waals surface area contributed by atoms with Gasteiger partial charge in [-0.25, -0.2) is 0 Å². The summed E-state index contributed by atoms with van der Waals surface area (Å²) < 4.78 is 0. The molecule has 2 rings (SSSR count). The van der Waals surface area contributed by atoms with Crippen molar-refractivity contribution in [1.29, 1.82) is 0 Å². The fraction of sp³-hybridized carbons (Fsp3) is 0.562. The van der Waals surface area contributed by atoms with Crippen LogP contribution in [0, 0.1) is 12.8 Å². The van der Waals surface area contributed by atoms with E-state index in [1.807, 2.05) is 0 Å². The highest BCUT2D eigenvalue weighted by Crippen LogP contribution is 2.26. The number of hydrogen-bond acceptors (Lipinski definition) is 3. The zero-order valence-corrected chi connectivity index (χ0v) is 12.4. The number of nitrogens with two attached hydrogens (primary N) is 1. The molecule has 110 valence electrons. The molecule has 4 heteroatoms. The molecule has 1 aliphatic heterocycles. The van der Waals surface area contributed by atoms with E-state index in [9.17, 15) is 4.79 Å². The molecule has 0 aromatic heterocycles. The summed E-state index contributed by atoms with van der Waals surface area (Å²) >= 11 is 0. The molecule has 0 bridgehead atoms. The molecule has 3 N–H and O–H groups in total. The molecular weight excluding hydrogens is 250 g/mol. The minimum Gasteiger partial charge on any atom is -0.359 e. The van der Waals surface area contributed by atoms with Crippen molar-refractivity contribution >= 4 is 5.91 Å². The number of hydrogen-bond donors (Lipinski definition) is 2. The van der Waals surface area contributed by atoms with Gasteiger partial charge in [-0.2, -0.15) is 0 Å². The van der Waals surface area contributed by atoms with Gasteiger partial charge in [0, 0.05) is 26.2 Å². The fourth-order valence-corrected chi connectivity index (χ4v) is 3.08. The number of nitrogens with zero attached hydrogens (tertiary/aromatic N) is 1. The van der Waals surface area contributed by atoms with Crippen LogP contribution in [0.4, 0.5) is 0 Å². The van der Waals surface area contributed by atoms with E-state index in [2.05, 4.69) is 41.4 Å². The third kappa shape index (κ3) is 3.38. The van der Waals surface area contributed by atoms with Crippen LogP contribution in [0.3, 0.4) is 0 Å². The van der Waals surface area contributed by atoms with Crippen molar-refractivity contribution in [3.8, 4) is 0 Å². The van der Waals surface area contributed by atoms with Gasteiger partial charge in [-0.15, -0.1) is 0 Å². The number of benzene rings is 1. The van der Waals surface area contributed by atoms with Crippen LogP contribution in [0.15, 0.2) is 24.3 Å². The second-order valence-corrected chi connectivity index (χ2v) is 5.61. The minimum atomic E-state index is 0.0904. The Morgan fingerprint density at radius 2 is 2.35 bits per heavy atom. The number of nitrogens with one attached hydrogen (secondary N) is 1. The third-order valence-corrected chi connectivity index (χ3v) is 4.16. The lowest BCUT2D eigenvalue weighted by atomic mass is 9.93. The van der Waals surface area contributed by atoms with Gasteiger partial charge >= 0.3 is 0 Å². The molecule has 0 aliphatic carbocycles. The van der Waals surface area contributed by atoms with Crippen LogP contribution in [-0.4, -0.2) is 37.5 Å². The number of carbonyl (C=O) groups is 1. The summed E-state index contributed by atoms with van der Waals surface area (Å²) in [5.41, 5.74) is 8.50. The van der Waals surface area contributed by atoms with Gasteiger partial charge in [-0.3, -0.25) is 9.69 Å². The van der Waals surface area contributed by atoms with Gasteiger partial charge in [0.05, 0.1) is 5.92 Å². The van der Waals surface area contributed by atoms with E-state index in [1.165, 1.54) is 11.1 Å². The van der Waals surface area contributed by atoms with Gasteiger partial charge < -0.3 is 11.1 Å². The first-order valence-corrected chi connectivity index (χ1v) is 7.38. The normalized spacial score (nSPS) is 21.4. The number of piperidine rings is 1. The first-order valence-electron chi connectivity index (χ1n) is 7.38. The summed E-state index contributed by atoms with van der Waals surface area (Å²) in [5, 5.41) is 2.76. The molecule has 1 aromatic carbocycles. The Balaban J connectivity index is 2.13. The topological polar surface area (TPSA) is 58.4 Å². The van der Waals surface area contributed by atoms with Gasteiger partial charge in [0.2, 0.25) is 5.91 Å². The molecule has 0 spiro atoms. The van der Waals surface area contributed by atoms with E-state index in [-0.39, 0.29) is 17.9 Å². The Morgan fingerprint density at radius 3 is 3.00 bits per heavy atom. The van der Waals surface area contributed by atoms with Crippen LogP contribution >= 0.6 is 0 Å². The van der Waals surface area contributed by atoms with Crippen molar-refractivity contribution in [1.82, 2.24) is 10.2 Å². The zero-order chi connectivity index (χ0) is 14.5. The number of rotatable bonds is 4. The summed E-state index contributed by atoms with van der Waals surface area (Å²) in [5.74, 6) is 0.238. The highest BCUT2D eigenvalue weighted by atomic mass is 16.1. The Hall–Kier alpha value is -1.39. The molecule has 1 aromatic rings. The second kappa shape index (κ2) is 6.86. The van der Waals surface area contributed by atoms with E-state index >= 15 is 0 Å². The standard InChI is InChI=1S/C16H25N3O/c1-12-5-3-6-13(9-12)15(10-17)19-8-4-7-14(11-19)16(20)18-2/h3,5-6,9,14-15H,4,7-8,10-11,17H2,1-2H3,(H,18,20). The Bertz CT molecular complexity index is 461. The molecular formula is C16H25N3O. The van der Waals surface area contributed by atoms with Crippen LogP contribution in [0.25, 0.3) is 0 Å². The Kier molecular flexibility index (Phi) is 5.15. The fourth-order valence-electron chi connectivity index (χ4n) is 3.08. The molecule has 2 atom stereocenters. The van der Waals surface area contributed by atoms with Crippen LogP contribution in [0.5, 0.6) is 0 Å². The average molecular weight is 275 g/mol. The summed E-state index contributed by atoms with van der Waals surface area (Å²) in [6, 6.07) is 8.71. The SMILES string of the molecule is CNC(=O)C1CCCN(C(CN)c2cccc(C)c2)C1. The van der Waals surface area contributed by atoms with Gasteiger partial charge in [-0.05, 0) is 31.9 Å². The van der Waals surface area contributed by atoms with Gasteiger partial charge in [0.1, 0.15) is 0 Å². The Labute approximate surface area is 121 Å². The molecule has 1 saturated heterocycles. The molecule has 0 saturated carbocycles. The summed E-state index contributed by atoms with van der Waals surface area (Å²) in [4.78, 5) is 14.2. The lowest BCUT2D eigenvalue weighted by molar-refractivity contribution is -0.126. The maximum Gasteiger partial charge on any atom is 0.224 e. The summed E-state index contributed by atoms with van der Waals surface area (Å²) in [7, 11) is 1.71. The monoisotopic (exact) mass is 275 g/mol. The Morgan fingerprint density at radius 1 is 1.55 bits per heavy atom. The predicted octanol–water partition coefficient (Wildman–Crippen LogP) is 1.45. The first-order chi connectivity index (χ1) is 9.65. The van der Waals surface area contributed by atoms with Gasteiger partial charge in [0.25, 0.3) is 0 Å². The highest BCUT2D eigenvalue weighted by molar-refractivity contribution is 5.78. The van der Waals surface area contributed by atoms with Crippen LogP contribution in [-0.2, 0) is 4.79 Å². The largest absolute Gasteiger partial charge is 0.359 e. The minimum absolute atomic E-state index is 0.0904. The van der Waals surface area contributed by atoms with Crippen LogP contribution in [0.2, 0.25) is 0 Å². The number of likely N-dealkylation sites (tertiary alicyclic amines) is 1. The van der Waals surface area contributed by atoms with Crippen molar-refractivity contribution in [2.45, 2.75) is 25.8 Å². The highest BCUT2D eigenvalue weighted by Gasteiger charge is 2.29. The van der Waals surface area contributed by atoms with E-state index in [0.717, 1.165) is 25.9 Å². The first kappa shape index (κ1) is 15.0. The smallest absolute Gasteiger partial charge is 0.224 e. The van der Waals surface area contributed by atoms with Crippen LogP contribution < -0.4 is 11.1 Å². The molecule has 4 nitrogen and oxygen atoms in total. The molecule has 1 aliphatic rings. The molecule has 1 amide bonds. The average Bonchev–Trinajstić information content (AvgIpc) is 2.47. The molecule has 1 heterocycles. The predicted molar refractivity (Wildman–Crippen MR) is 81.3 cm³/mol.